The maximum absolute atomic E-state index is 12.5. The molecule has 0 radical (unpaired) electrons. The molecule has 0 unspecified atom stereocenters. The van der Waals surface area contributed by atoms with Crippen LogP contribution in [0.5, 0.6) is 28.7 Å². The Morgan fingerprint density at radius 2 is 1.34 bits per heavy atom. The minimum Gasteiger partial charge on any atom is -0.504 e. The van der Waals surface area contributed by atoms with Gasteiger partial charge in [0.1, 0.15) is 0 Å². The monoisotopic (exact) mass is 495 g/mol. The van der Waals surface area contributed by atoms with Crippen molar-refractivity contribution in [3.05, 3.63) is 76.3 Å². The van der Waals surface area contributed by atoms with Crippen LogP contribution in [0.1, 0.15) is 16.7 Å². The normalized spacial score (nSPS) is 11.0. The van der Waals surface area contributed by atoms with Crippen LogP contribution in [0.15, 0.2) is 54.6 Å². The highest BCUT2D eigenvalue weighted by Gasteiger charge is 2.14. The Kier molecular flexibility index (Phi) is 8.64. The Morgan fingerprint density at radius 3 is 1.89 bits per heavy atom. The lowest BCUT2D eigenvalue weighted by Gasteiger charge is -2.13. The Hall–Kier alpha value is -4.10. The number of phenols is 1. The number of hydrogen-bond acceptors (Lipinski definition) is 6. The van der Waals surface area contributed by atoms with Crippen LogP contribution < -0.4 is 24.3 Å². The van der Waals surface area contributed by atoms with Gasteiger partial charge in [0.05, 0.1) is 34.1 Å². The molecule has 0 saturated heterocycles. The summed E-state index contributed by atoms with van der Waals surface area (Å²) < 4.78 is 21.4. The number of aromatic hydroxyl groups is 1. The number of phenolic OH excluding ortho intramolecular Hbond substituents is 1. The summed E-state index contributed by atoms with van der Waals surface area (Å²) in [7, 11) is 6.04. The van der Waals surface area contributed by atoms with Crippen molar-refractivity contribution in [1.82, 2.24) is 0 Å². The molecule has 35 heavy (non-hydrogen) atoms. The highest BCUT2D eigenvalue weighted by molar-refractivity contribution is 6.30. The summed E-state index contributed by atoms with van der Waals surface area (Å²) >= 11 is 5.89. The lowest BCUT2D eigenvalue weighted by molar-refractivity contribution is -0.111. The first-order valence-corrected chi connectivity index (χ1v) is 10.9. The molecule has 7 nitrogen and oxygen atoms in total. The first-order valence-electron chi connectivity index (χ1n) is 10.5. The van der Waals surface area contributed by atoms with Crippen LogP contribution in [0.25, 0.3) is 18.2 Å². The molecule has 0 aliphatic carbocycles. The fraction of sp³-hybridized carbons (Fsp3) is 0.148. The van der Waals surface area contributed by atoms with Gasteiger partial charge in [0, 0.05) is 11.1 Å². The first-order chi connectivity index (χ1) is 16.9. The van der Waals surface area contributed by atoms with Crippen molar-refractivity contribution >= 4 is 41.4 Å². The maximum atomic E-state index is 12.5. The molecule has 0 aromatic heterocycles. The second kappa shape index (κ2) is 11.9. The number of rotatable bonds is 9. The number of amides is 1. The first kappa shape index (κ1) is 25.5. The zero-order chi connectivity index (χ0) is 25.4. The van der Waals surface area contributed by atoms with E-state index in [0.29, 0.717) is 33.5 Å². The van der Waals surface area contributed by atoms with Crippen LogP contribution >= 0.6 is 11.6 Å². The van der Waals surface area contributed by atoms with E-state index in [9.17, 15) is 9.90 Å². The summed E-state index contributed by atoms with van der Waals surface area (Å²) in [5, 5.41) is 13.8. The van der Waals surface area contributed by atoms with Gasteiger partial charge in [0.25, 0.3) is 0 Å². The quantitative estimate of drug-likeness (QED) is 0.284. The second-order valence-corrected chi connectivity index (χ2v) is 7.72. The smallest absolute Gasteiger partial charge is 0.248 e. The number of anilines is 1. The number of halogens is 1. The van der Waals surface area contributed by atoms with Gasteiger partial charge >= 0.3 is 0 Å². The van der Waals surface area contributed by atoms with Crippen molar-refractivity contribution in [2.24, 2.45) is 0 Å². The summed E-state index contributed by atoms with van der Waals surface area (Å²) in [4.78, 5) is 12.5. The van der Waals surface area contributed by atoms with E-state index in [-0.39, 0.29) is 17.4 Å². The van der Waals surface area contributed by atoms with Crippen molar-refractivity contribution in [3.8, 4) is 28.7 Å². The number of carbonyl (C=O) groups excluding carboxylic acids is 1. The van der Waals surface area contributed by atoms with E-state index in [2.05, 4.69) is 5.32 Å². The molecule has 0 aliphatic heterocycles. The Labute approximate surface area is 209 Å². The maximum Gasteiger partial charge on any atom is 0.248 e. The van der Waals surface area contributed by atoms with Crippen LogP contribution in [-0.4, -0.2) is 39.5 Å². The fourth-order valence-electron chi connectivity index (χ4n) is 3.35. The van der Waals surface area contributed by atoms with Crippen molar-refractivity contribution in [1.29, 1.82) is 0 Å². The Balaban J connectivity index is 1.86. The van der Waals surface area contributed by atoms with Crippen LogP contribution in [0.3, 0.4) is 0 Å². The second-order valence-electron chi connectivity index (χ2n) is 7.29. The van der Waals surface area contributed by atoms with Gasteiger partial charge in [-0.05, 0) is 59.2 Å². The average Bonchev–Trinajstić information content (AvgIpc) is 2.86. The van der Waals surface area contributed by atoms with Crippen LogP contribution in [0.4, 0.5) is 5.69 Å². The molecule has 8 heteroatoms. The van der Waals surface area contributed by atoms with E-state index in [4.69, 9.17) is 30.5 Å². The highest BCUT2D eigenvalue weighted by Crippen LogP contribution is 2.39. The molecular formula is C27H26ClNO6. The van der Waals surface area contributed by atoms with E-state index >= 15 is 0 Å². The van der Waals surface area contributed by atoms with E-state index in [0.717, 1.165) is 11.1 Å². The molecular weight excluding hydrogens is 470 g/mol. The summed E-state index contributed by atoms with van der Waals surface area (Å²) in [6, 6.07) is 13.9. The van der Waals surface area contributed by atoms with Gasteiger partial charge in [0.2, 0.25) is 11.7 Å². The van der Waals surface area contributed by atoms with Gasteiger partial charge in [-0.2, -0.15) is 0 Å². The third-order valence-corrected chi connectivity index (χ3v) is 5.26. The predicted octanol–water partition coefficient (Wildman–Crippen LogP) is 5.90. The van der Waals surface area contributed by atoms with Crippen LogP contribution in [0, 0.1) is 0 Å². The molecule has 2 N–H and O–H groups in total. The van der Waals surface area contributed by atoms with E-state index < -0.39 is 0 Å². The van der Waals surface area contributed by atoms with Gasteiger partial charge in [-0.3, -0.25) is 4.79 Å². The molecule has 0 bridgehead atoms. The third-order valence-electron chi connectivity index (χ3n) is 5.01. The van der Waals surface area contributed by atoms with Crippen LogP contribution in [-0.2, 0) is 4.79 Å². The fourth-order valence-corrected chi connectivity index (χ4v) is 3.48. The van der Waals surface area contributed by atoms with Gasteiger partial charge in [0.15, 0.2) is 23.0 Å². The predicted molar refractivity (Wildman–Crippen MR) is 139 cm³/mol. The molecule has 182 valence electrons. The number of benzene rings is 3. The molecule has 0 spiro atoms. The molecule has 1 amide bonds. The van der Waals surface area contributed by atoms with Crippen LogP contribution in [0.2, 0.25) is 5.02 Å². The molecule has 3 rings (SSSR count). The molecule has 0 saturated carbocycles. The van der Waals surface area contributed by atoms with Gasteiger partial charge in [-0.15, -0.1) is 0 Å². The standard InChI is InChI=1S/C27H26ClNO6/c1-32-23-15-19(16-24(33-2)27(23)35-4)6-5-18-13-21(26(34-3)22(30)14-18)29-25(31)12-9-17-7-10-20(28)11-8-17/h5-16,30H,1-4H3,(H,29,31)/b6-5+,12-9+. The van der Waals surface area contributed by atoms with E-state index in [1.165, 1.54) is 26.4 Å². The molecule has 3 aromatic rings. The number of carbonyl (C=O) groups is 1. The molecule has 3 aromatic carbocycles. The number of hydrogen-bond donors (Lipinski definition) is 2. The van der Waals surface area contributed by atoms with Gasteiger partial charge in [-0.1, -0.05) is 35.9 Å². The summed E-state index contributed by atoms with van der Waals surface area (Å²) in [6.45, 7) is 0. The number of nitrogens with one attached hydrogen (secondary N) is 1. The lowest BCUT2D eigenvalue weighted by Crippen LogP contribution is -2.09. The molecule has 0 atom stereocenters. The third kappa shape index (κ3) is 6.49. The number of ether oxygens (including phenoxy) is 4. The van der Waals surface area contributed by atoms with Crippen molar-refractivity contribution < 1.29 is 28.8 Å². The van der Waals surface area contributed by atoms with Gasteiger partial charge < -0.3 is 29.4 Å². The van der Waals surface area contributed by atoms with Crippen molar-refractivity contribution in [2.75, 3.05) is 33.8 Å². The number of methoxy groups -OCH3 is 4. The molecule has 0 heterocycles. The Morgan fingerprint density at radius 1 is 0.771 bits per heavy atom. The van der Waals surface area contributed by atoms with E-state index in [1.807, 2.05) is 6.08 Å². The minimum absolute atomic E-state index is 0.114. The molecule has 0 fully saturated rings. The summed E-state index contributed by atoms with van der Waals surface area (Å²) in [5.41, 5.74) is 2.56. The highest BCUT2D eigenvalue weighted by atomic mass is 35.5. The topological polar surface area (TPSA) is 86.2 Å². The summed E-state index contributed by atoms with van der Waals surface area (Å²) in [6.07, 6.45) is 6.64. The summed E-state index contributed by atoms with van der Waals surface area (Å²) in [5.74, 6) is 1.18. The van der Waals surface area contributed by atoms with Crippen molar-refractivity contribution in [3.63, 3.8) is 0 Å². The van der Waals surface area contributed by atoms with Crippen molar-refractivity contribution in [2.45, 2.75) is 0 Å². The Bertz CT molecular complexity index is 1230. The van der Waals surface area contributed by atoms with Gasteiger partial charge in [-0.25, -0.2) is 0 Å². The zero-order valence-electron chi connectivity index (χ0n) is 19.8. The lowest BCUT2D eigenvalue weighted by atomic mass is 10.1. The largest absolute Gasteiger partial charge is 0.504 e. The molecule has 0 aliphatic rings. The SMILES string of the molecule is COc1cc(/C=C/c2cc(O)c(OC)c(NC(=O)/C=C/c3ccc(Cl)cc3)c2)cc(OC)c1OC. The zero-order valence-corrected chi connectivity index (χ0v) is 20.6. The minimum atomic E-state index is -0.386. The average molecular weight is 496 g/mol. The van der Waals surface area contributed by atoms with E-state index in [1.54, 1.807) is 68.8 Å².